The minimum atomic E-state index is 0.823. The Labute approximate surface area is 202 Å². The number of anilines is 2. The van der Waals surface area contributed by atoms with Crippen LogP contribution in [0.1, 0.15) is 25.7 Å². The third-order valence-electron chi connectivity index (χ3n) is 7.72. The topological polar surface area (TPSA) is 63.3 Å². The smallest absolute Gasteiger partial charge is 0.128 e. The lowest BCUT2D eigenvalue weighted by Gasteiger charge is -2.38. The van der Waals surface area contributed by atoms with Gasteiger partial charge in [-0.15, -0.1) is 0 Å². The fourth-order valence-corrected chi connectivity index (χ4v) is 5.71. The Morgan fingerprint density at radius 1 is 0.765 bits per heavy atom. The number of H-pyrrole nitrogens is 1. The van der Waals surface area contributed by atoms with Gasteiger partial charge < -0.3 is 20.1 Å². The predicted molar refractivity (Wildman–Crippen MR) is 138 cm³/mol. The van der Waals surface area contributed by atoms with Crippen molar-refractivity contribution in [2.45, 2.75) is 31.7 Å². The van der Waals surface area contributed by atoms with Gasteiger partial charge in [-0.3, -0.25) is 9.88 Å². The van der Waals surface area contributed by atoms with Gasteiger partial charge in [-0.25, -0.2) is 4.98 Å². The molecule has 7 heteroatoms. The summed E-state index contributed by atoms with van der Waals surface area (Å²) in [4.78, 5) is 20.6. The fraction of sp³-hybridized carbons (Fsp3) is 0.481. The highest BCUT2D eigenvalue weighted by Crippen LogP contribution is 2.28. The molecule has 5 heterocycles. The number of rotatable bonds is 5. The SMILES string of the molecule is c1cc(-c2ccc(N3CCNCC3)[nH]2)cc(-c2ccc(N3CCN(C4CCCC4)CC3)nc2)n1. The van der Waals surface area contributed by atoms with Gasteiger partial charge in [0, 0.05) is 87.6 Å². The van der Waals surface area contributed by atoms with E-state index >= 15 is 0 Å². The Morgan fingerprint density at radius 2 is 1.59 bits per heavy atom. The first kappa shape index (κ1) is 21.6. The summed E-state index contributed by atoms with van der Waals surface area (Å²) in [7, 11) is 0. The van der Waals surface area contributed by atoms with Crippen LogP contribution in [-0.4, -0.2) is 78.3 Å². The van der Waals surface area contributed by atoms with Crippen LogP contribution in [0.15, 0.2) is 48.8 Å². The van der Waals surface area contributed by atoms with Gasteiger partial charge in [0.15, 0.2) is 0 Å². The van der Waals surface area contributed by atoms with E-state index in [1.807, 2.05) is 12.4 Å². The summed E-state index contributed by atoms with van der Waals surface area (Å²) in [5.74, 6) is 2.27. The zero-order valence-corrected chi connectivity index (χ0v) is 19.9. The molecule has 2 aliphatic heterocycles. The highest BCUT2D eigenvalue weighted by molar-refractivity contribution is 5.70. The first-order chi connectivity index (χ1) is 16.8. The summed E-state index contributed by atoms with van der Waals surface area (Å²) in [5, 5.41) is 3.41. The molecule has 0 aromatic carbocycles. The molecule has 0 amide bonds. The largest absolute Gasteiger partial charge is 0.356 e. The van der Waals surface area contributed by atoms with Crippen LogP contribution in [0, 0.1) is 0 Å². The van der Waals surface area contributed by atoms with Gasteiger partial charge in [0.25, 0.3) is 0 Å². The van der Waals surface area contributed by atoms with E-state index in [1.165, 1.54) is 31.5 Å². The highest BCUT2D eigenvalue weighted by atomic mass is 15.3. The second-order valence-corrected chi connectivity index (χ2v) is 9.79. The van der Waals surface area contributed by atoms with Crippen LogP contribution in [0.3, 0.4) is 0 Å². The summed E-state index contributed by atoms with van der Waals surface area (Å²) in [6.07, 6.45) is 9.46. The van der Waals surface area contributed by atoms with E-state index in [4.69, 9.17) is 4.98 Å². The number of nitrogens with one attached hydrogen (secondary N) is 2. The predicted octanol–water partition coefficient (Wildman–Crippen LogP) is 3.61. The molecule has 2 saturated heterocycles. The van der Waals surface area contributed by atoms with Crippen LogP contribution in [0.4, 0.5) is 11.6 Å². The number of nitrogens with zero attached hydrogens (tertiary/aromatic N) is 5. The third-order valence-corrected chi connectivity index (χ3v) is 7.72. The van der Waals surface area contributed by atoms with Gasteiger partial charge in [-0.05, 0) is 49.2 Å². The van der Waals surface area contributed by atoms with Crippen molar-refractivity contribution in [1.29, 1.82) is 0 Å². The van der Waals surface area contributed by atoms with E-state index in [0.29, 0.717) is 0 Å². The molecule has 178 valence electrons. The van der Waals surface area contributed by atoms with Gasteiger partial charge in [0.05, 0.1) is 5.69 Å². The Kier molecular flexibility index (Phi) is 6.21. The number of pyridine rings is 2. The molecule has 1 saturated carbocycles. The van der Waals surface area contributed by atoms with Crippen molar-refractivity contribution in [3.8, 4) is 22.5 Å². The molecular formula is C27H35N7. The van der Waals surface area contributed by atoms with E-state index in [-0.39, 0.29) is 0 Å². The molecular weight excluding hydrogens is 422 g/mol. The monoisotopic (exact) mass is 457 g/mol. The molecule has 3 fully saturated rings. The zero-order valence-electron chi connectivity index (χ0n) is 19.9. The molecule has 7 nitrogen and oxygen atoms in total. The molecule has 0 spiro atoms. The van der Waals surface area contributed by atoms with Gasteiger partial charge in [-0.1, -0.05) is 12.8 Å². The van der Waals surface area contributed by atoms with Crippen LogP contribution in [0.5, 0.6) is 0 Å². The van der Waals surface area contributed by atoms with Crippen molar-refractivity contribution in [3.05, 3.63) is 48.8 Å². The summed E-state index contributed by atoms with van der Waals surface area (Å²) in [5.41, 5.74) is 4.30. The molecule has 2 N–H and O–H groups in total. The quantitative estimate of drug-likeness (QED) is 0.610. The molecule has 3 aliphatic rings. The molecule has 0 unspecified atom stereocenters. The average Bonchev–Trinajstić information content (AvgIpc) is 3.63. The molecule has 6 rings (SSSR count). The highest BCUT2D eigenvalue weighted by Gasteiger charge is 2.26. The molecule has 0 atom stereocenters. The van der Waals surface area contributed by atoms with Gasteiger partial charge in [0.1, 0.15) is 11.6 Å². The molecule has 3 aromatic rings. The van der Waals surface area contributed by atoms with Crippen LogP contribution in [0.2, 0.25) is 0 Å². The molecule has 0 bridgehead atoms. The minimum absolute atomic E-state index is 0.823. The van der Waals surface area contributed by atoms with Crippen LogP contribution in [0.25, 0.3) is 22.5 Å². The summed E-state index contributed by atoms with van der Waals surface area (Å²) in [6.45, 7) is 8.59. The van der Waals surface area contributed by atoms with Gasteiger partial charge in [-0.2, -0.15) is 0 Å². The van der Waals surface area contributed by atoms with Gasteiger partial charge >= 0.3 is 0 Å². The number of hydrogen-bond acceptors (Lipinski definition) is 6. The van der Waals surface area contributed by atoms with E-state index in [1.54, 1.807) is 0 Å². The number of aromatic nitrogens is 3. The van der Waals surface area contributed by atoms with Crippen molar-refractivity contribution in [2.75, 3.05) is 62.2 Å². The lowest BCUT2D eigenvalue weighted by Crippen LogP contribution is -2.49. The second-order valence-electron chi connectivity index (χ2n) is 9.79. The Balaban J connectivity index is 1.12. The Bertz CT molecular complexity index is 1070. The van der Waals surface area contributed by atoms with Crippen molar-refractivity contribution >= 4 is 11.6 Å². The molecule has 3 aromatic heterocycles. The minimum Gasteiger partial charge on any atom is -0.356 e. The number of hydrogen-bond donors (Lipinski definition) is 2. The van der Waals surface area contributed by atoms with E-state index in [2.05, 4.69) is 66.4 Å². The lowest BCUT2D eigenvalue weighted by atomic mass is 10.1. The number of aromatic amines is 1. The molecule has 0 radical (unpaired) electrons. The Hall–Kier alpha value is -2.90. The van der Waals surface area contributed by atoms with Crippen molar-refractivity contribution < 1.29 is 0 Å². The Morgan fingerprint density at radius 3 is 2.35 bits per heavy atom. The molecule has 34 heavy (non-hydrogen) atoms. The van der Waals surface area contributed by atoms with E-state index in [0.717, 1.165) is 86.7 Å². The summed E-state index contributed by atoms with van der Waals surface area (Å²) in [6, 6.07) is 13.7. The standard InChI is InChI=1S/C27H35N7/c1-2-4-23(3-1)32-15-17-34(18-16-32)26-7-5-22(20-30-26)25-19-21(9-10-29-25)24-6-8-27(31-24)33-13-11-28-12-14-33/h5-10,19-20,23,28,31H,1-4,11-18H2. The van der Waals surface area contributed by atoms with Crippen LogP contribution >= 0.6 is 0 Å². The van der Waals surface area contributed by atoms with E-state index < -0.39 is 0 Å². The van der Waals surface area contributed by atoms with Crippen LogP contribution in [-0.2, 0) is 0 Å². The van der Waals surface area contributed by atoms with Gasteiger partial charge in [0.2, 0.25) is 0 Å². The fourth-order valence-electron chi connectivity index (χ4n) is 5.71. The summed E-state index contributed by atoms with van der Waals surface area (Å²) < 4.78 is 0. The maximum Gasteiger partial charge on any atom is 0.128 e. The summed E-state index contributed by atoms with van der Waals surface area (Å²) >= 11 is 0. The third kappa shape index (κ3) is 4.55. The first-order valence-electron chi connectivity index (χ1n) is 12.9. The molecule has 1 aliphatic carbocycles. The zero-order chi connectivity index (χ0) is 22.7. The first-order valence-corrected chi connectivity index (χ1v) is 12.9. The average molecular weight is 458 g/mol. The van der Waals surface area contributed by atoms with Crippen molar-refractivity contribution in [1.82, 2.24) is 25.2 Å². The number of piperazine rings is 2. The van der Waals surface area contributed by atoms with Crippen molar-refractivity contribution in [2.24, 2.45) is 0 Å². The normalized spacial score (nSPS) is 20.2. The maximum absolute atomic E-state index is 4.82. The van der Waals surface area contributed by atoms with Crippen molar-refractivity contribution in [3.63, 3.8) is 0 Å². The maximum atomic E-state index is 4.82. The van der Waals surface area contributed by atoms with E-state index in [9.17, 15) is 0 Å². The lowest BCUT2D eigenvalue weighted by molar-refractivity contribution is 0.187. The van der Waals surface area contributed by atoms with Crippen LogP contribution < -0.4 is 15.1 Å². The second kappa shape index (κ2) is 9.76.